The quantitative estimate of drug-likeness (QED) is 0.639. The largest absolute Gasteiger partial charge is 0.478 e. The standard InChI is InChI=1S/C19H19F3N2O6S2/c20-19(21,22)16-6-1-2-7-17(16)31(27,28)23-14-8-10-24(11-9-14)32(29,30)15-5-3-4-13(12-15)18(25)26/h1-7,12,14,23H,8-11H2,(H,25,26). The number of carboxylic acid groups (broad SMARTS) is 1. The summed E-state index contributed by atoms with van der Waals surface area (Å²) < 4.78 is 93.6. The fourth-order valence-electron chi connectivity index (χ4n) is 3.37. The second-order valence-corrected chi connectivity index (χ2v) is 10.7. The topological polar surface area (TPSA) is 121 Å². The number of nitrogens with one attached hydrogen (secondary N) is 1. The molecule has 32 heavy (non-hydrogen) atoms. The maximum atomic E-state index is 13.2. The van der Waals surface area contributed by atoms with E-state index >= 15 is 0 Å². The number of nitrogens with zero attached hydrogens (tertiary/aromatic N) is 1. The van der Waals surface area contributed by atoms with E-state index < -0.39 is 48.7 Å². The van der Waals surface area contributed by atoms with E-state index in [1.54, 1.807) is 0 Å². The molecule has 2 N–H and O–H groups in total. The molecule has 0 atom stereocenters. The summed E-state index contributed by atoms with van der Waals surface area (Å²) in [6, 6.07) is 7.88. The molecule has 1 aliphatic heterocycles. The lowest BCUT2D eigenvalue weighted by molar-refractivity contribution is -0.139. The van der Waals surface area contributed by atoms with Crippen molar-refractivity contribution in [1.29, 1.82) is 0 Å². The molecule has 1 heterocycles. The number of benzene rings is 2. The Morgan fingerprint density at radius 2 is 1.62 bits per heavy atom. The first-order chi connectivity index (χ1) is 14.8. The van der Waals surface area contributed by atoms with Crippen molar-refractivity contribution in [2.45, 2.75) is 34.9 Å². The molecule has 1 aliphatic rings. The Kier molecular flexibility index (Phi) is 6.65. The molecule has 2 aromatic rings. The molecule has 0 amide bonds. The Labute approximate surface area is 182 Å². The van der Waals surface area contributed by atoms with E-state index in [9.17, 15) is 34.8 Å². The Hall–Kier alpha value is -2.48. The van der Waals surface area contributed by atoms with Crippen molar-refractivity contribution in [3.63, 3.8) is 0 Å². The smallest absolute Gasteiger partial charge is 0.417 e. The van der Waals surface area contributed by atoms with Crippen molar-refractivity contribution >= 4 is 26.0 Å². The van der Waals surface area contributed by atoms with Crippen LogP contribution in [0.25, 0.3) is 0 Å². The molecule has 0 spiro atoms. The Bertz CT molecular complexity index is 1220. The molecule has 0 unspecified atom stereocenters. The molecule has 0 aromatic heterocycles. The van der Waals surface area contributed by atoms with Crippen LogP contribution < -0.4 is 4.72 Å². The minimum absolute atomic E-state index is 0.0330. The van der Waals surface area contributed by atoms with Gasteiger partial charge in [0.1, 0.15) is 0 Å². The molecular weight excluding hydrogens is 473 g/mol. The number of carboxylic acids is 1. The van der Waals surface area contributed by atoms with Gasteiger partial charge in [-0.25, -0.2) is 26.4 Å². The minimum Gasteiger partial charge on any atom is -0.478 e. The van der Waals surface area contributed by atoms with Crippen LogP contribution in [0.2, 0.25) is 0 Å². The minimum atomic E-state index is -4.85. The number of halogens is 3. The fraction of sp³-hybridized carbons (Fsp3) is 0.316. The third-order valence-electron chi connectivity index (χ3n) is 4.98. The van der Waals surface area contributed by atoms with Gasteiger partial charge in [-0.05, 0) is 43.2 Å². The molecule has 1 fully saturated rings. The molecule has 0 bridgehead atoms. The Morgan fingerprint density at radius 1 is 1.00 bits per heavy atom. The van der Waals surface area contributed by atoms with E-state index in [2.05, 4.69) is 4.72 Å². The fourth-order valence-corrected chi connectivity index (χ4v) is 6.42. The monoisotopic (exact) mass is 492 g/mol. The third-order valence-corrected chi connectivity index (χ3v) is 8.45. The molecule has 8 nitrogen and oxygen atoms in total. The lowest BCUT2D eigenvalue weighted by Crippen LogP contribution is -2.46. The van der Waals surface area contributed by atoms with Gasteiger partial charge in [-0.15, -0.1) is 0 Å². The summed E-state index contributed by atoms with van der Waals surface area (Å²) in [5.74, 6) is -1.28. The highest BCUT2D eigenvalue weighted by molar-refractivity contribution is 7.89. The van der Waals surface area contributed by atoms with Gasteiger partial charge in [0, 0.05) is 19.1 Å². The Morgan fingerprint density at radius 3 is 2.22 bits per heavy atom. The lowest BCUT2D eigenvalue weighted by atomic mass is 10.1. The molecule has 0 radical (unpaired) electrons. The van der Waals surface area contributed by atoms with E-state index in [-0.39, 0.29) is 36.4 Å². The van der Waals surface area contributed by atoms with Gasteiger partial charge < -0.3 is 5.11 Å². The van der Waals surface area contributed by atoms with Crippen molar-refractivity contribution in [3.8, 4) is 0 Å². The predicted molar refractivity (Wildman–Crippen MR) is 107 cm³/mol. The van der Waals surface area contributed by atoms with Crippen LogP contribution in [0.5, 0.6) is 0 Å². The van der Waals surface area contributed by atoms with Gasteiger partial charge >= 0.3 is 12.1 Å². The van der Waals surface area contributed by atoms with E-state index in [4.69, 9.17) is 5.11 Å². The average molecular weight is 492 g/mol. The number of sulfonamides is 2. The van der Waals surface area contributed by atoms with Crippen LogP contribution in [-0.4, -0.2) is 51.3 Å². The molecule has 0 saturated carbocycles. The zero-order valence-electron chi connectivity index (χ0n) is 16.4. The molecule has 0 aliphatic carbocycles. The molecule has 174 valence electrons. The van der Waals surface area contributed by atoms with E-state index in [0.717, 1.165) is 22.5 Å². The predicted octanol–water partition coefficient (Wildman–Crippen LogP) is 2.54. The van der Waals surface area contributed by atoms with Crippen LogP contribution in [0.15, 0.2) is 58.3 Å². The summed E-state index contributed by atoms with van der Waals surface area (Å²) in [5.41, 5.74) is -1.48. The Balaban J connectivity index is 1.73. The summed E-state index contributed by atoms with van der Waals surface area (Å²) in [6.07, 6.45) is -4.79. The van der Waals surface area contributed by atoms with Gasteiger partial charge in [0.2, 0.25) is 20.0 Å². The highest BCUT2D eigenvalue weighted by atomic mass is 32.2. The van der Waals surface area contributed by atoms with Crippen molar-refractivity contribution in [2.75, 3.05) is 13.1 Å². The van der Waals surface area contributed by atoms with Gasteiger partial charge in [0.25, 0.3) is 0 Å². The van der Waals surface area contributed by atoms with E-state index in [1.807, 2.05) is 0 Å². The summed E-state index contributed by atoms with van der Waals surface area (Å²) in [7, 11) is -8.52. The van der Waals surface area contributed by atoms with Crippen LogP contribution >= 0.6 is 0 Å². The van der Waals surface area contributed by atoms with Gasteiger partial charge in [-0.3, -0.25) is 0 Å². The number of carbonyl (C=O) groups is 1. The molecular formula is C19H19F3N2O6S2. The molecule has 2 aromatic carbocycles. The summed E-state index contributed by atoms with van der Waals surface area (Å²) in [4.78, 5) is 9.98. The maximum Gasteiger partial charge on any atom is 0.417 e. The summed E-state index contributed by atoms with van der Waals surface area (Å²) in [6.45, 7) is -0.179. The third kappa shape index (κ3) is 5.11. The van der Waals surface area contributed by atoms with Gasteiger partial charge in [-0.2, -0.15) is 17.5 Å². The van der Waals surface area contributed by atoms with Crippen molar-refractivity contribution in [3.05, 3.63) is 59.7 Å². The molecule has 13 heteroatoms. The van der Waals surface area contributed by atoms with Crippen molar-refractivity contribution < 1.29 is 39.9 Å². The van der Waals surface area contributed by atoms with Gasteiger partial charge in [0.15, 0.2) is 0 Å². The number of hydrogen-bond donors (Lipinski definition) is 2. The van der Waals surface area contributed by atoms with E-state index in [0.29, 0.717) is 6.07 Å². The zero-order valence-corrected chi connectivity index (χ0v) is 18.0. The highest BCUT2D eigenvalue weighted by Gasteiger charge is 2.38. The van der Waals surface area contributed by atoms with Crippen LogP contribution in [-0.2, 0) is 26.2 Å². The maximum absolute atomic E-state index is 13.2. The first kappa shape index (κ1) is 24.2. The van der Waals surface area contributed by atoms with Gasteiger partial charge in [0.05, 0.1) is 20.9 Å². The molecule has 1 saturated heterocycles. The normalized spacial score (nSPS) is 16.7. The highest BCUT2D eigenvalue weighted by Crippen LogP contribution is 2.34. The van der Waals surface area contributed by atoms with Crippen LogP contribution in [0, 0.1) is 0 Å². The lowest BCUT2D eigenvalue weighted by Gasteiger charge is -2.31. The van der Waals surface area contributed by atoms with E-state index in [1.165, 1.54) is 24.3 Å². The first-order valence-electron chi connectivity index (χ1n) is 9.34. The number of aromatic carboxylic acids is 1. The SMILES string of the molecule is O=C(O)c1cccc(S(=O)(=O)N2CCC(NS(=O)(=O)c3ccccc3C(F)(F)F)CC2)c1. The molecule has 3 rings (SSSR count). The summed E-state index contributed by atoms with van der Waals surface area (Å²) in [5, 5.41) is 9.05. The number of hydrogen-bond acceptors (Lipinski definition) is 5. The van der Waals surface area contributed by atoms with Crippen molar-refractivity contribution in [1.82, 2.24) is 9.03 Å². The zero-order chi connectivity index (χ0) is 23.7. The second-order valence-electron chi connectivity index (χ2n) is 7.13. The first-order valence-corrected chi connectivity index (χ1v) is 12.3. The summed E-state index contributed by atoms with van der Waals surface area (Å²) >= 11 is 0. The van der Waals surface area contributed by atoms with Crippen LogP contribution in [0.4, 0.5) is 13.2 Å². The van der Waals surface area contributed by atoms with Crippen LogP contribution in [0.1, 0.15) is 28.8 Å². The van der Waals surface area contributed by atoms with Crippen molar-refractivity contribution in [2.24, 2.45) is 0 Å². The van der Waals surface area contributed by atoms with Crippen LogP contribution in [0.3, 0.4) is 0 Å². The number of piperidine rings is 1. The second kappa shape index (κ2) is 8.81. The van der Waals surface area contributed by atoms with Gasteiger partial charge in [-0.1, -0.05) is 18.2 Å². The number of rotatable bonds is 6. The number of alkyl halides is 3. The average Bonchev–Trinajstić information content (AvgIpc) is 2.73.